The molecule has 1 aliphatic rings. The molecule has 0 radical (unpaired) electrons. The number of rotatable bonds is 5. The van der Waals surface area contributed by atoms with Gasteiger partial charge in [0.25, 0.3) is 6.43 Å². The highest BCUT2D eigenvalue weighted by Gasteiger charge is 2.45. The number of nitrogens with zero attached hydrogens (tertiary/aromatic N) is 1. The van der Waals surface area contributed by atoms with E-state index in [4.69, 9.17) is 4.74 Å². The van der Waals surface area contributed by atoms with Gasteiger partial charge in [0.05, 0.1) is 13.7 Å². The number of aryl methyl sites for hydroxylation is 1. The van der Waals surface area contributed by atoms with Crippen LogP contribution in [0.4, 0.5) is 8.78 Å². The Morgan fingerprint density at radius 3 is 2.81 bits per heavy atom. The Hall–Kier alpha value is -1.69. The number of alkyl halides is 2. The van der Waals surface area contributed by atoms with Crippen LogP contribution in [0.25, 0.3) is 0 Å². The average Bonchev–Trinajstić information content (AvgIpc) is 2.89. The minimum absolute atomic E-state index is 0.0783. The lowest BCUT2D eigenvalue weighted by molar-refractivity contribution is -0.133. The largest absolute Gasteiger partial charge is 0.496 e. The van der Waals surface area contributed by atoms with Gasteiger partial charge in [-0.25, -0.2) is 8.78 Å². The van der Waals surface area contributed by atoms with Gasteiger partial charge in [-0.3, -0.25) is 4.79 Å². The second kappa shape index (κ2) is 6.39. The van der Waals surface area contributed by atoms with Gasteiger partial charge in [-0.05, 0) is 18.1 Å². The standard InChI is InChI=1S/C15H19F2NO3/c1-21-12-5-3-2-4-11(12)6-7-13(19)18-9-8-15(20,10-18)14(16)17/h2-5,14,20H,6-10H2,1H3. The van der Waals surface area contributed by atoms with Gasteiger partial charge in [0.1, 0.15) is 11.4 Å². The number of likely N-dealkylation sites (tertiary alicyclic amines) is 1. The minimum atomic E-state index is -2.83. The summed E-state index contributed by atoms with van der Waals surface area (Å²) in [6.45, 7) is -0.124. The average molecular weight is 299 g/mol. The molecule has 1 heterocycles. The van der Waals surface area contributed by atoms with Crippen LogP contribution in [0.2, 0.25) is 0 Å². The molecule has 0 bridgehead atoms. The predicted octanol–water partition coefficient (Wildman–Crippen LogP) is 1.86. The van der Waals surface area contributed by atoms with Gasteiger partial charge in [-0.2, -0.15) is 0 Å². The zero-order valence-electron chi connectivity index (χ0n) is 11.9. The summed E-state index contributed by atoms with van der Waals surface area (Å²) in [7, 11) is 1.56. The third-order valence-electron chi connectivity index (χ3n) is 3.84. The molecule has 116 valence electrons. The number of para-hydroxylation sites is 1. The lowest BCUT2D eigenvalue weighted by Gasteiger charge is -2.22. The summed E-state index contributed by atoms with van der Waals surface area (Å²) >= 11 is 0. The zero-order valence-corrected chi connectivity index (χ0v) is 11.9. The SMILES string of the molecule is COc1ccccc1CCC(=O)N1CCC(O)(C(F)F)C1. The van der Waals surface area contributed by atoms with Crippen LogP contribution in [-0.4, -0.2) is 48.1 Å². The minimum Gasteiger partial charge on any atom is -0.496 e. The van der Waals surface area contributed by atoms with Crippen molar-refractivity contribution in [1.29, 1.82) is 0 Å². The molecule has 0 saturated carbocycles. The van der Waals surface area contributed by atoms with Crippen molar-refractivity contribution in [2.45, 2.75) is 31.3 Å². The van der Waals surface area contributed by atoms with Crippen molar-refractivity contribution in [2.75, 3.05) is 20.2 Å². The van der Waals surface area contributed by atoms with E-state index in [1.54, 1.807) is 7.11 Å². The second-order valence-corrected chi connectivity index (χ2v) is 5.28. The maximum atomic E-state index is 12.7. The molecule has 1 aromatic carbocycles. The lowest BCUT2D eigenvalue weighted by Crippen LogP contribution is -2.41. The van der Waals surface area contributed by atoms with Crippen LogP contribution in [0.15, 0.2) is 24.3 Å². The van der Waals surface area contributed by atoms with Crippen LogP contribution >= 0.6 is 0 Å². The fourth-order valence-electron chi connectivity index (χ4n) is 2.52. The molecule has 1 amide bonds. The van der Waals surface area contributed by atoms with E-state index in [1.165, 1.54) is 4.90 Å². The number of hydrogen-bond acceptors (Lipinski definition) is 3. The first kappa shape index (κ1) is 15.7. The first-order valence-electron chi connectivity index (χ1n) is 6.86. The van der Waals surface area contributed by atoms with E-state index < -0.39 is 12.0 Å². The van der Waals surface area contributed by atoms with E-state index in [0.717, 1.165) is 5.56 Å². The van der Waals surface area contributed by atoms with E-state index in [2.05, 4.69) is 0 Å². The highest BCUT2D eigenvalue weighted by molar-refractivity contribution is 5.77. The number of benzene rings is 1. The van der Waals surface area contributed by atoms with Crippen LogP contribution in [0.1, 0.15) is 18.4 Å². The Kier molecular flexibility index (Phi) is 4.77. The highest BCUT2D eigenvalue weighted by atomic mass is 19.3. The molecular formula is C15H19F2NO3. The van der Waals surface area contributed by atoms with Crippen molar-refractivity contribution in [3.05, 3.63) is 29.8 Å². The van der Waals surface area contributed by atoms with E-state index in [1.807, 2.05) is 24.3 Å². The Morgan fingerprint density at radius 1 is 1.48 bits per heavy atom. The normalized spacial score (nSPS) is 21.9. The number of carbonyl (C=O) groups excluding carboxylic acids is 1. The Morgan fingerprint density at radius 2 is 2.19 bits per heavy atom. The number of amides is 1. The van der Waals surface area contributed by atoms with E-state index >= 15 is 0 Å². The monoisotopic (exact) mass is 299 g/mol. The van der Waals surface area contributed by atoms with E-state index in [0.29, 0.717) is 12.2 Å². The van der Waals surface area contributed by atoms with Crippen molar-refractivity contribution >= 4 is 5.91 Å². The van der Waals surface area contributed by atoms with Gasteiger partial charge in [-0.1, -0.05) is 18.2 Å². The van der Waals surface area contributed by atoms with Crippen molar-refractivity contribution < 1.29 is 23.4 Å². The fourth-order valence-corrected chi connectivity index (χ4v) is 2.52. The van der Waals surface area contributed by atoms with Crippen molar-refractivity contribution in [3.8, 4) is 5.75 Å². The number of halogens is 2. The van der Waals surface area contributed by atoms with Crippen LogP contribution in [0.5, 0.6) is 5.75 Å². The molecule has 1 N–H and O–H groups in total. The Labute approximate surface area is 122 Å². The number of carbonyl (C=O) groups is 1. The molecule has 2 rings (SSSR count). The number of aliphatic hydroxyl groups is 1. The maximum absolute atomic E-state index is 12.7. The van der Waals surface area contributed by atoms with Crippen molar-refractivity contribution in [2.24, 2.45) is 0 Å². The molecule has 1 aromatic rings. The van der Waals surface area contributed by atoms with Gasteiger partial charge < -0.3 is 14.7 Å². The molecule has 4 nitrogen and oxygen atoms in total. The summed E-state index contributed by atoms with van der Waals surface area (Å²) in [6, 6.07) is 7.37. The third-order valence-corrected chi connectivity index (χ3v) is 3.84. The van der Waals surface area contributed by atoms with Crippen LogP contribution in [-0.2, 0) is 11.2 Å². The first-order chi connectivity index (χ1) is 9.96. The zero-order chi connectivity index (χ0) is 15.5. The molecule has 21 heavy (non-hydrogen) atoms. The summed E-state index contributed by atoms with van der Waals surface area (Å²) in [6.07, 6.45) is -2.22. The molecular weight excluding hydrogens is 280 g/mol. The van der Waals surface area contributed by atoms with Gasteiger partial charge in [-0.15, -0.1) is 0 Å². The number of β-amino-alcohol motifs (C(OH)–C–C–N with tert-alkyl or cyclic N) is 1. The van der Waals surface area contributed by atoms with Crippen LogP contribution < -0.4 is 4.74 Å². The van der Waals surface area contributed by atoms with Crippen molar-refractivity contribution in [1.82, 2.24) is 4.90 Å². The summed E-state index contributed by atoms with van der Waals surface area (Å²) in [4.78, 5) is 13.4. The smallest absolute Gasteiger partial charge is 0.268 e. The molecule has 1 atom stereocenters. The van der Waals surface area contributed by atoms with Crippen LogP contribution in [0.3, 0.4) is 0 Å². The first-order valence-corrected chi connectivity index (χ1v) is 6.86. The molecule has 0 spiro atoms. The lowest BCUT2D eigenvalue weighted by atomic mass is 10.1. The molecule has 1 aliphatic heterocycles. The number of ether oxygens (including phenoxy) is 1. The Bertz CT molecular complexity index is 509. The summed E-state index contributed by atoms with van der Waals surface area (Å²) < 4.78 is 30.6. The maximum Gasteiger partial charge on any atom is 0.268 e. The molecule has 1 unspecified atom stereocenters. The highest BCUT2D eigenvalue weighted by Crippen LogP contribution is 2.28. The van der Waals surface area contributed by atoms with Crippen molar-refractivity contribution in [3.63, 3.8) is 0 Å². The second-order valence-electron chi connectivity index (χ2n) is 5.28. The number of hydrogen-bond donors (Lipinski definition) is 1. The third kappa shape index (κ3) is 3.50. The fraction of sp³-hybridized carbons (Fsp3) is 0.533. The van der Waals surface area contributed by atoms with Gasteiger partial charge in [0.2, 0.25) is 5.91 Å². The molecule has 1 saturated heterocycles. The quantitative estimate of drug-likeness (QED) is 0.903. The van der Waals surface area contributed by atoms with E-state index in [9.17, 15) is 18.7 Å². The van der Waals surface area contributed by atoms with Gasteiger partial charge in [0.15, 0.2) is 0 Å². The van der Waals surface area contributed by atoms with Crippen LogP contribution in [0, 0.1) is 0 Å². The number of methoxy groups -OCH3 is 1. The molecule has 0 aromatic heterocycles. The molecule has 1 fully saturated rings. The summed E-state index contributed by atoms with van der Waals surface area (Å²) in [5, 5.41) is 9.69. The van der Waals surface area contributed by atoms with Gasteiger partial charge in [0, 0.05) is 19.4 Å². The van der Waals surface area contributed by atoms with E-state index in [-0.39, 0.29) is 31.8 Å². The summed E-state index contributed by atoms with van der Waals surface area (Å²) in [5.74, 6) is 0.480. The topological polar surface area (TPSA) is 49.8 Å². The summed E-state index contributed by atoms with van der Waals surface area (Å²) in [5.41, 5.74) is -1.16. The molecule has 6 heteroatoms. The Balaban J connectivity index is 1.91. The predicted molar refractivity (Wildman–Crippen MR) is 73.5 cm³/mol. The van der Waals surface area contributed by atoms with Gasteiger partial charge >= 0.3 is 0 Å². The molecule has 0 aliphatic carbocycles.